The zero-order valence-electron chi connectivity index (χ0n) is 22.1. The Morgan fingerprint density at radius 2 is 1.74 bits per heavy atom. The van der Waals surface area contributed by atoms with E-state index in [1.165, 1.54) is 12.1 Å². The van der Waals surface area contributed by atoms with Crippen molar-refractivity contribution in [3.63, 3.8) is 0 Å². The lowest BCUT2D eigenvalue weighted by Crippen LogP contribution is -2.30. The van der Waals surface area contributed by atoms with Crippen LogP contribution in [0.4, 0.5) is 10.5 Å². The number of primary amides is 1. The second kappa shape index (κ2) is 11.5. The average molecular weight is 583 g/mol. The number of H-pyrrole nitrogens is 1. The standard InChI is InChI=1S/C29H26N8O4S/c30-27(31)19-7-8-24-25(15-19)36-28(35-24)21-11-20(18-4-1-5-22(12-18)34-29(32)39)13-23(14-21)42(40,41)37-26(38)9-6-17-3-2-10-33-16-17/h1-5,7-8,10-16H,6,9H2,(H3,30,31)(H,35,36)(H,37,38)(H3,32,34,39). The van der Waals surface area contributed by atoms with Gasteiger partial charge in [-0.1, -0.05) is 18.2 Å². The fraction of sp³-hybridized carbons (Fsp3) is 0.0690. The van der Waals surface area contributed by atoms with Gasteiger partial charge < -0.3 is 21.8 Å². The van der Waals surface area contributed by atoms with Crippen LogP contribution in [0.3, 0.4) is 0 Å². The maximum Gasteiger partial charge on any atom is 0.316 e. The van der Waals surface area contributed by atoms with E-state index in [-0.39, 0.29) is 17.2 Å². The molecule has 2 aromatic heterocycles. The molecule has 5 aromatic rings. The Kier molecular flexibility index (Phi) is 7.67. The smallest absolute Gasteiger partial charge is 0.316 e. The van der Waals surface area contributed by atoms with Crippen molar-refractivity contribution in [3.05, 3.63) is 96.3 Å². The Morgan fingerprint density at radius 3 is 2.48 bits per heavy atom. The van der Waals surface area contributed by atoms with Crippen molar-refractivity contribution in [2.45, 2.75) is 17.7 Å². The number of amidine groups is 1. The summed E-state index contributed by atoms with van der Waals surface area (Å²) < 4.78 is 29.0. The number of carbonyl (C=O) groups excluding carboxylic acids is 2. The van der Waals surface area contributed by atoms with Crippen LogP contribution in [0.2, 0.25) is 0 Å². The number of imidazole rings is 1. The summed E-state index contributed by atoms with van der Waals surface area (Å²) in [7, 11) is -4.29. The summed E-state index contributed by atoms with van der Waals surface area (Å²) in [6.45, 7) is 0. The Morgan fingerprint density at radius 1 is 0.929 bits per heavy atom. The molecule has 0 saturated carbocycles. The number of nitrogens with zero attached hydrogens (tertiary/aromatic N) is 2. The van der Waals surface area contributed by atoms with Gasteiger partial charge in [0.05, 0.1) is 15.9 Å². The van der Waals surface area contributed by atoms with Crippen molar-refractivity contribution in [2.75, 3.05) is 5.32 Å². The van der Waals surface area contributed by atoms with Gasteiger partial charge in [-0.2, -0.15) is 0 Å². The van der Waals surface area contributed by atoms with E-state index in [1.54, 1.807) is 73.1 Å². The average Bonchev–Trinajstić information content (AvgIpc) is 3.40. The van der Waals surface area contributed by atoms with Gasteiger partial charge in [0.15, 0.2) is 0 Å². The summed E-state index contributed by atoms with van der Waals surface area (Å²) >= 11 is 0. The summed E-state index contributed by atoms with van der Waals surface area (Å²) in [5.41, 5.74) is 15.3. The SMILES string of the molecule is N=C(N)c1ccc2nc(-c3cc(-c4cccc(NC(N)=O)c4)cc(S(=O)(=O)NC(=O)CCc4cccnc4)c3)[nH]c2c1. The number of amides is 3. The Hall–Kier alpha value is -5.56. The first-order valence-corrected chi connectivity index (χ1v) is 14.2. The molecule has 0 aliphatic heterocycles. The maximum absolute atomic E-state index is 13.4. The van der Waals surface area contributed by atoms with Gasteiger partial charge in [-0.25, -0.2) is 22.9 Å². The number of sulfonamides is 1. The van der Waals surface area contributed by atoms with E-state index in [4.69, 9.17) is 16.9 Å². The molecule has 3 amide bonds. The molecular formula is C29H26N8O4S. The minimum absolute atomic E-state index is 0.0552. The third-order valence-electron chi connectivity index (χ3n) is 6.36. The summed E-state index contributed by atoms with van der Waals surface area (Å²) in [5.74, 6) is -0.413. The number of nitrogen functional groups attached to an aromatic ring is 1. The highest BCUT2D eigenvalue weighted by Crippen LogP contribution is 2.31. The molecule has 12 nitrogen and oxygen atoms in total. The number of rotatable bonds is 9. The van der Waals surface area contributed by atoms with Gasteiger partial charge in [-0.05, 0) is 77.7 Å². The topological polar surface area (TPSA) is 210 Å². The molecule has 13 heteroatoms. The summed E-state index contributed by atoms with van der Waals surface area (Å²) in [6, 6.07) is 19.1. The highest BCUT2D eigenvalue weighted by molar-refractivity contribution is 7.90. The van der Waals surface area contributed by atoms with Crippen molar-refractivity contribution >= 4 is 44.5 Å². The van der Waals surface area contributed by atoms with Gasteiger partial charge >= 0.3 is 6.03 Å². The zero-order chi connectivity index (χ0) is 29.9. The van der Waals surface area contributed by atoms with Crippen LogP contribution in [-0.2, 0) is 21.2 Å². The summed E-state index contributed by atoms with van der Waals surface area (Å²) in [4.78, 5) is 35.6. The van der Waals surface area contributed by atoms with E-state index in [0.717, 1.165) is 5.56 Å². The van der Waals surface area contributed by atoms with Crippen LogP contribution in [-0.4, -0.2) is 41.1 Å². The Balaban J connectivity index is 1.54. The van der Waals surface area contributed by atoms with E-state index >= 15 is 0 Å². The zero-order valence-corrected chi connectivity index (χ0v) is 22.9. The number of carbonyl (C=O) groups is 2. The number of aromatic nitrogens is 3. The molecule has 8 N–H and O–H groups in total. The third-order valence-corrected chi connectivity index (χ3v) is 7.71. The van der Waals surface area contributed by atoms with Crippen molar-refractivity contribution in [1.82, 2.24) is 19.7 Å². The third kappa shape index (κ3) is 6.42. The number of anilines is 1. The molecule has 0 aliphatic carbocycles. The van der Waals surface area contributed by atoms with E-state index in [9.17, 15) is 18.0 Å². The lowest BCUT2D eigenvalue weighted by atomic mass is 10.0. The molecule has 5 rings (SSSR count). The number of hydrogen-bond donors (Lipinski definition) is 6. The van der Waals surface area contributed by atoms with Crippen molar-refractivity contribution in [2.24, 2.45) is 11.5 Å². The molecule has 0 atom stereocenters. The Labute approximate surface area is 240 Å². The number of fused-ring (bicyclic) bond motifs is 1. The van der Waals surface area contributed by atoms with E-state index in [0.29, 0.717) is 51.2 Å². The number of pyridine rings is 1. The van der Waals surface area contributed by atoms with Gasteiger partial charge in [0.25, 0.3) is 10.0 Å². The summed E-state index contributed by atoms with van der Waals surface area (Å²) in [6.07, 6.45) is 3.50. The molecular weight excluding hydrogens is 556 g/mol. The number of hydrogen-bond acceptors (Lipinski definition) is 7. The fourth-order valence-electron chi connectivity index (χ4n) is 4.35. The second-order valence-electron chi connectivity index (χ2n) is 9.44. The molecule has 42 heavy (non-hydrogen) atoms. The van der Waals surface area contributed by atoms with Gasteiger partial charge in [0, 0.05) is 35.6 Å². The largest absolute Gasteiger partial charge is 0.384 e. The molecule has 0 saturated heterocycles. The molecule has 212 valence electrons. The number of benzene rings is 3. The predicted molar refractivity (Wildman–Crippen MR) is 159 cm³/mol. The van der Waals surface area contributed by atoms with Crippen molar-refractivity contribution in [1.29, 1.82) is 5.41 Å². The highest BCUT2D eigenvalue weighted by Gasteiger charge is 2.21. The van der Waals surface area contributed by atoms with Crippen molar-refractivity contribution in [3.8, 4) is 22.5 Å². The minimum atomic E-state index is -4.29. The van der Waals surface area contributed by atoms with Crippen LogP contribution < -0.4 is 21.5 Å². The lowest BCUT2D eigenvalue weighted by molar-refractivity contribution is -0.119. The van der Waals surface area contributed by atoms with Gasteiger partial charge in [-0.15, -0.1) is 0 Å². The summed E-state index contributed by atoms with van der Waals surface area (Å²) in [5, 5.41) is 10.2. The molecule has 0 spiro atoms. The van der Waals surface area contributed by atoms with Crippen LogP contribution in [0, 0.1) is 5.41 Å². The predicted octanol–water partition coefficient (Wildman–Crippen LogP) is 3.50. The normalized spacial score (nSPS) is 11.2. The van der Waals surface area contributed by atoms with Gasteiger partial charge in [0.1, 0.15) is 11.7 Å². The molecule has 0 bridgehead atoms. The first-order valence-electron chi connectivity index (χ1n) is 12.7. The molecule has 0 aliphatic rings. The Bertz CT molecular complexity index is 1940. The number of nitrogens with two attached hydrogens (primary N) is 2. The number of aryl methyl sites for hydroxylation is 1. The highest BCUT2D eigenvalue weighted by atomic mass is 32.2. The van der Waals surface area contributed by atoms with Gasteiger partial charge in [0.2, 0.25) is 5.91 Å². The van der Waals surface area contributed by atoms with Crippen LogP contribution >= 0.6 is 0 Å². The quantitative estimate of drug-likeness (QED) is 0.112. The number of urea groups is 1. The van der Waals surface area contributed by atoms with Crippen LogP contribution in [0.15, 0.2) is 90.1 Å². The van der Waals surface area contributed by atoms with Gasteiger partial charge in [-0.3, -0.25) is 15.2 Å². The van der Waals surface area contributed by atoms with Crippen molar-refractivity contribution < 1.29 is 18.0 Å². The first kappa shape index (κ1) is 28.0. The molecule has 0 radical (unpaired) electrons. The molecule has 2 heterocycles. The number of nitrogens with one attached hydrogen (secondary N) is 4. The molecule has 0 unspecified atom stereocenters. The number of aromatic amines is 1. The van der Waals surface area contributed by atoms with Crippen LogP contribution in [0.1, 0.15) is 17.5 Å². The maximum atomic E-state index is 13.4. The van der Waals surface area contributed by atoms with E-state index < -0.39 is 22.0 Å². The van der Waals surface area contributed by atoms with E-state index in [1.807, 2.05) is 0 Å². The lowest BCUT2D eigenvalue weighted by Gasteiger charge is -2.12. The van der Waals surface area contributed by atoms with Crippen LogP contribution in [0.25, 0.3) is 33.5 Å². The molecule has 3 aromatic carbocycles. The second-order valence-corrected chi connectivity index (χ2v) is 11.1. The minimum Gasteiger partial charge on any atom is -0.384 e. The first-order chi connectivity index (χ1) is 20.1. The van der Waals surface area contributed by atoms with Crippen LogP contribution in [0.5, 0.6) is 0 Å². The fourth-order valence-corrected chi connectivity index (χ4v) is 5.44. The van der Waals surface area contributed by atoms with E-state index in [2.05, 4.69) is 25.0 Å². The monoisotopic (exact) mass is 582 g/mol. The molecule has 0 fully saturated rings.